The minimum Gasteiger partial charge on any atom is -0.461 e. The van der Waals surface area contributed by atoms with Crippen LogP contribution >= 0.6 is 0 Å². The fourth-order valence-corrected chi connectivity index (χ4v) is 1.30. The molecule has 2 N–H and O–H groups in total. The average molecular weight is 366 g/mol. The van der Waals surface area contributed by atoms with Crippen LogP contribution in [0, 0.1) is 0 Å². The van der Waals surface area contributed by atoms with Crippen LogP contribution in [0.15, 0.2) is 0 Å². The largest absolute Gasteiger partial charge is 0.461 e. The minimum atomic E-state index is -1.15. The molecule has 0 aliphatic carbocycles. The van der Waals surface area contributed by atoms with Crippen molar-refractivity contribution in [3.8, 4) is 0 Å². The predicted octanol–water partition coefficient (Wildman–Crippen LogP) is -2.06. The SMILES string of the molecule is CC(OC(=O)CO)C(=O)OCCOCCOC(=O)C(C)OC(=O)CO. The van der Waals surface area contributed by atoms with E-state index in [1.807, 2.05) is 0 Å². The molecule has 0 fully saturated rings. The third kappa shape index (κ3) is 11.0. The smallest absolute Gasteiger partial charge is 0.347 e. The fourth-order valence-electron chi connectivity index (χ4n) is 1.30. The Hall–Kier alpha value is -2.24. The molecule has 0 aromatic heterocycles. The number of ether oxygens (including phenoxy) is 5. The van der Waals surface area contributed by atoms with Crippen molar-refractivity contribution in [1.82, 2.24) is 0 Å². The lowest BCUT2D eigenvalue weighted by atomic mass is 10.4. The lowest BCUT2D eigenvalue weighted by molar-refractivity contribution is -0.170. The van der Waals surface area contributed by atoms with Crippen LogP contribution in [0.2, 0.25) is 0 Å². The van der Waals surface area contributed by atoms with Gasteiger partial charge in [0.15, 0.2) is 12.2 Å². The predicted molar refractivity (Wildman–Crippen MR) is 78.0 cm³/mol. The van der Waals surface area contributed by atoms with E-state index in [4.69, 9.17) is 24.4 Å². The van der Waals surface area contributed by atoms with Gasteiger partial charge in [-0.1, -0.05) is 0 Å². The maximum Gasteiger partial charge on any atom is 0.347 e. The zero-order valence-electron chi connectivity index (χ0n) is 14.0. The molecule has 11 heteroatoms. The van der Waals surface area contributed by atoms with E-state index in [1.165, 1.54) is 13.8 Å². The Morgan fingerprint density at radius 2 is 1.08 bits per heavy atom. The molecule has 0 aliphatic heterocycles. The summed E-state index contributed by atoms with van der Waals surface area (Å²) in [5.74, 6) is -3.48. The van der Waals surface area contributed by atoms with Crippen molar-refractivity contribution < 1.29 is 53.1 Å². The number of aliphatic hydroxyl groups is 2. The van der Waals surface area contributed by atoms with Gasteiger partial charge < -0.3 is 33.9 Å². The molecule has 0 radical (unpaired) electrons. The third-order valence-corrected chi connectivity index (χ3v) is 2.48. The monoisotopic (exact) mass is 366 g/mol. The van der Waals surface area contributed by atoms with Crippen molar-refractivity contribution in [3.05, 3.63) is 0 Å². The first kappa shape index (κ1) is 22.8. The molecule has 2 atom stereocenters. The molecule has 0 saturated heterocycles. The summed E-state index contributed by atoms with van der Waals surface area (Å²) in [5, 5.41) is 16.9. The zero-order chi connectivity index (χ0) is 19.2. The van der Waals surface area contributed by atoms with Crippen LogP contribution in [-0.4, -0.2) is 85.9 Å². The molecule has 0 amide bonds. The Labute approximate surface area is 143 Å². The van der Waals surface area contributed by atoms with Crippen LogP contribution in [0.4, 0.5) is 0 Å². The van der Waals surface area contributed by atoms with E-state index in [0.29, 0.717) is 0 Å². The molecule has 144 valence electrons. The summed E-state index contributed by atoms with van der Waals surface area (Å²) in [6.07, 6.45) is -2.30. The second-order valence-electron chi connectivity index (χ2n) is 4.53. The summed E-state index contributed by atoms with van der Waals surface area (Å²) < 4.78 is 23.6. The minimum absolute atomic E-state index is 0.0129. The van der Waals surface area contributed by atoms with Gasteiger partial charge in [0, 0.05) is 0 Å². The first-order valence-corrected chi connectivity index (χ1v) is 7.33. The quantitative estimate of drug-likeness (QED) is 0.222. The summed E-state index contributed by atoms with van der Waals surface area (Å²) in [4.78, 5) is 44.3. The van der Waals surface area contributed by atoms with Gasteiger partial charge in [-0.15, -0.1) is 0 Å². The number of aliphatic hydroxyl groups excluding tert-OH is 2. The Morgan fingerprint density at radius 3 is 1.40 bits per heavy atom. The van der Waals surface area contributed by atoms with Gasteiger partial charge >= 0.3 is 23.9 Å². The highest BCUT2D eigenvalue weighted by Gasteiger charge is 2.19. The molecule has 0 aromatic rings. The van der Waals surface area contributed by atoms with Gasteiger partial charge in [-0.2, -0.15) is 0 Å². The Morgan fingerprint density at radius 1 is 0.720 bits per heavy atom. The summed E-state index contributed by atoms with van der Waals surface area (Å²) in [6.45, 7) is 0.713. The normalized spacial score (nSPS) is 12.6. The van der Waals surface area contributed by atoms with E-state index in [-0.39, 0.29) is 26.4 Å². The summed E-state index contributed by atoms with van der Waals surface area (Å²) in [6, 6.07) is 0. The highest BCUT2D eigenvalue weighted by Crippen LogP contribution is 1.97. The highest BCUT2D eigenvalue weighted by atomic mass is 16.6. The van der Waals surface area contributed by atoms with Gasteiger partial charge in [-0.3, -0.25) is 0 Å². The van der Waals surface area contributed by atoms with Crippen LogP contribution in [0.25, 0.3) is 0 Å². The number of esters is 4. The van der Waals surface area contributed by atoms with Crippen molar-refractivity contribution in [2.24, 2.45) is 0 Å². The standard InChI is InChI=1S/C14H22O11/c1-9(24-11(17)7-15)13(19)22-5-3-21-4-6-23-14(20)10(2)25-12(18)8-16/h9-10,15-16H,3-8H2,1-2H3. The first-order valence-electron chi connectivity index (χ1n) is 7.33. The molecular formula is C14H22O11. The second-order valence-corrected chi connectivity index (χ2v) is 4.53. The number of hydrogen-bond donors (Lipinski definition) is 2. The van der Waals surface area contributed by atoms with Gasteiger partial charge in [-0.05, 0) is 13.8 Å². The van der Waals surface area contributed by atoms with E-state index in [1.54, 1.807) is 0 Å². The summed E-state index contributed by atoms with van der Waals surface area (Å²) >= 11 is 0. The second kappa shape index (κ2) is 13.1. The van der Waals surface area contributed by atoms with Crippen molar-refractivity contribution in [1.29, 1.82) is 0 Å². The Balaban J connectivity index is 3.70. The van der Waals surface area contributed by atoms with Crippen molar-refractivity contribution in [3.63, 3.8) is 0 Å². The van der Waals surface area contributed by atoms with E-state index in [9.17, 15) is 19.2 Å². The number of carbonyl (C=O) groups is 4. The molecule has 0 rings (SSSR count). The molecule has 2 unspecified atom stereocenters. The van der Waals surface area contributed by atoms with Crippen molar-refractivity contribution in [2.45, 2.75) is 26.1 Å². The molecule has 0 aliphatic rings. The fraction of sp³-hybridized carbons (Fsp3) is 0.714. The molecule has 0 saturated carbocycles. The molecule has 0 bridgehead atoms. The van der Waals surface area contributed by atoms with Gasteiger partial charge in [0.25, 0.3) is 0 Å². The van der Waals surface area contributed by atoms with Crippen molar-refractivity contribution >= 4 is 23.9 Å². The van der Waals surface area contributed by atoms with E-state index in [2.05, 4.69) is 9.47 Å². The highest BCUT2D eigenvalue weighted by molar-refractivity contribution is 5.79. The molecule has 11 nitrogen and oxygen atoms in total. The van der Waals surface area contributed by atoms with Gasteiger partial charge in [0.2, 0.25) is 0 Å². The summed E-state index contributed by atoms with van der Waals surface area (Å²) in [7, 11) is 0. The lowest BCUT2D eigenvalue weighted by Gasteiger charge is -2.13. The molecule has 0 heterocycles. The zero-order valence-corrected chi connectivity index (χ0v) is 14.0. The molecule has 25 heavy (non-hydrogen) atoms. The van der Waals surface area contributed by atoms with Crippen LogP contribution in [0.5, 0.6) is 0 Å². The number of carbonyl (C=O) groups excluding carboxylic acids is 4. The molecular weight excluding hydrogens is 344 g/mol. The average Bonchev–Trinajstić information content (AvgIpc) is 2.59. The van der Waals surface area contributed by atoms with Gasteiger partial charge in [-0.25, -0.2) is 19.2 Å². The lowest BCUT2D eigenvalue weighted by Crippen LogP contribution is -2.29. The molecule has 0 spiro atoms. The Kier molecular flexibility index (Phi) is 11.9. The van der Waals surface area contributed by atoms with E-state index in [0.717, 1.165) is 0 Å². The van der Waals surface area contributed by atoms with Crippen LogP contribution in [0.3, 0.4) is 0 Å². The number of rotatable bonds is 12. The number of hydrogen-bond acceptors (Lipinski definition) is 11. The molecule has 0 aromatic carbocycles. The van der Waals surface area contributed by atoms with Crippen LogP contribution < -0.4 is 0 Å². The topological polar surface area (TPSA) is 155 Å². The van der Waals surface area contributed by atoms with Gasteiger partial charge in [0.1, 0.15) is 26.4 Å². The van der Waals surface area contributed by atoms with Gasteiger partial charge in [0.05, 0.1) is 13.2 Å². The third-order valence-electron chi connectivity index (χ3n) is 2.48. The van der Waals surface area contributed by atoms with Crippen LogP contribution in [-0.2, 0) is 42.9 Å². The van der Waals surface area contributed by atoms with E-state index >= 15 is 0 Å². The maximum atomic E-state index is 11.4. The Bertz CT molecular complexity index is 408. The maximum absolute atomic E-state index is 11.4. The first-order chi connectivity index (χ1) is 11.8. The van der Waals surface area contributed by atoms with E-state index < -0.39 is 49.3 Å². The van der Waals surface area contributed by atoms with Crippen molar-refractivity contribution in [2.75, 3.05) is 39.6 Å². The van der Waals surface area contributed by atoms with Crippen LogP contribution in [0.1, 0.15) is 13.8 Å². The summed E-state index contributed by atoms with van der Waals surface area (Å²) in [5.41, 5.74) is 0.